The van der Waals surface area contributed by atoms with E-state index in [1.807, 2.05) is 0 Å². The lowest BCUT2D eigenvalue weighted by molar-refractivity contribution is 0.171. The van der Waals surface area contributed by atoms with Crippen LogP contribution in [0.5, 0.6) is 11.5 Å². The number of hydrogen-bond donors (Lipinski definition) is 2. The average molecular weight is 330 g/mol. The summed E-state index contributed by atoms with van der Waals surface area (Å²) in [5, 5.41) is 0.185. The van der Waals surface area contributed by atoms with Crippen LogP contribution in [0.3, 0.4) is 0 Å². The first kappa shape index (κ1) is 14.0. The van der Waals surface area contributed by atoms with Gasteiger partial charge in [-0.25, -0.2) is 4.98 Å². The molecular formula is C12H12ClN3O4S. The van der Waals surface area contributed by atoms with Crippen LogP contribution >= 0.6 is 11.6 Å². The number of benzene rings is 1. The van der Waals surface area contributed by atoms with E-state index in [2.05, 4.69) is 14.7 Å². The van der Waals surface area contributed by atoms with E-state index in [0.29, 0.717) is 30.5 Å². The number of imidazole rings is 1. The Kier molecular flexibility index (Phi) is 3.42. The van der Waals surface area contributed by atoms with Gasteiger partial charge in [0, 0.05) is 12.1 Å². The molecule has 2 N–H and O–H groups in total. The third kappa shape index (κ3) is 2.77. The monoisotopic (exact) mass is 329 g/mol. The molecule has 0 atom stereocenters. The number of fused-ring (bicyclic) bond motifs is 1. The van der Waals surface area contributed by atoms with Crippen molar-refractivity contribution in [1.82, 2.24) is 9.97 Å². The van der Waals surface area contributed by atoms with E-state index in [0.717, 1.165) is 0 Å². The number of rotatable bonds is 3. The second kappa shape index (κ2) is 5.12. The number of aromatic amines is 1. The van der Waals surface area contributed by atoms with Crippen LogP contribution in [0.1, 0.15) is 5.82 Å². The number of ether oxygens (including phenoxy) is 2. The van der Waals surface area contributed by atoms with E-state index >= 15 is 0 Å². The highest BCUT2D eigenvalue weighted by Crippen LogP contribution is 2.38. The normalized spacial score (nSPS) is 14.0. The molecule has 0 saturated heterocycles. The molecule has 0 fully saturated rings. The zero-order valence-electron chi connectivity index (χ0n) is 11.0. The highest BCUT2D eigenvalue weighted by Gasteiger charge is 2.21. The minimum Gasteiger partial charge on any atom is -0.486 e. The SMILES string of the molecule is Cc1ncc(S(=O)(=O)Nc2cc3c(cc2Cl)OCCO3)[nH]1. The highest BCUT2D eigenvalue weighted by molar-refractivity contribution is 7.92. The van der Waals surface area contributed by atoms with Gasteiger partial charge in [0.05, 0.1) is 16.9 Å². The van der Waals surface area contributed by atoms with Gasteiger partial charge in [-0.1, -0.05) is 11.6 Å². The Hall–Kier alpha value is -1.93. The molecule has 1 aliphatic heterocycles. The van der Waals surface area contributed by atoms with Crippen LogP contribution < -0.4 is 14.2 Å². The Bertz CT molecular complexity index is 788. The van der Waals surface area contributed by atoms with E-state index in [4.69, 9.17) is 21.1 Å². The molecule has 0 amide bonds. The summed E-state index contributed by atoms with van der Waals surface area (Å²) in [5.74, 6) is 1.44. The molecule has 1 aromatic heterocycles. The minimum absolute atomic E-state index is 0.0362. The number of aromatic nitrogens is 2. The molecule has 9 heteroatoms. The maximum atomic E-state index is 12.2. The van der Waals surface area contributed by atoms with Gasteiger partial charge >= 0.3 is 0 Å². The van der Waals surface area contributed by atoms with Crippen molar-refractivity contribution < 1.29 is 17.9 Å². The third-order valence-corrected chi connectivity index (χ3v) is 4.43. The summed E-state index contributed by atoms with van der Waals surface area (Å²) >= 11 is 6.07. The van der Waals surface area contributed by atoms with E-state index in [1.54, 1.807) is 6.92 Å². The lowest BCUT2D eigenvalue weighted by Crippen LogP contribution is -2.17. The van der Waals surface area contributed by atoms with E-state index in [1.165, 1.54) is 18.3 Å². The number of aryl methyl sites for hydroxylation is 1. The number of H-pyrrole nitrogens is 1. The van der Waals surface area contributed by atoms with E-state index in [-0.39, 0.29) is 15.7 Å². The maximum absolute atomic E-state index is 12.2. The number of nitrogens with one attached hydrogen (secondary N) is 2. The number of halogens is 1. The predicted octanol–water partition coefficient (Wildman–Crippen LogP) is 1.94. The highest BCUT2D eigenvalue weighted by atomic mass is 35.5. The van der Waals surface area contributed by atoms with Crippen LogP contribution in [0.15, 0.2) is 23.4 Å². The average Bonchev–Trinajstić information content (AvgIpc) is 2.87. The summed E-state index contributed by atoms with van der Waals surface area (Å²) in [7, 11) is -3.79. The second-order valence-electron chi connectivity index (χ2n) is 4.41. The van der Waals surface area contributed by atoms with Gasteiger partial charge in [-0.2, -0.15) is 8.42 Å². The number of anilines is 1. The van der Waals surface area contributed by atoms with Crippen molar-refractivity contribution in [2.24, 2.45) is 0 Å². The second-order valence-corrected chi connectivity index (χ2v) is 6.47. The van der Waals surface area contributed by atoms with Crippen LogP contribution in [0.25, 0.3) is 0 Å². The zero-order chi connectivity index (χ0) is 15.0. The number of nitrogens with zero attached hydrogens (tertiary/aromatic N) is 1. The van der Waals surface area contributed by atoms with Gasteiger partial charge in [-0.05, 0) is 6.92 Å². The fourth-order valence-corrected chi connectivity index (χ4v) is 3.18. The molecule has 1 aromatic carbocycles. The summed E-state index contributed by atoms with van der Waals surface area (Å²) in [5.41, 5.74) is 0.216. The smallest absolute Gasteiger partial charge is 0.279 e. The Labute approximate surface area is 126 Å². The van der Waals surface area contributed by atoms with Gasteiger partial charge in [0.2, 0.25) is 0 Å². The summed E-state index contributed by atoms with van der Waals surface area (Å²) in [6.07, 6.45) is 1.24. The Morgan fingerprint density at radius 1 is 1.29 bits per heavy atom. The molecule has 3 rings (SSSR count). The van der Waals surface area contributed by atoms with E-state index in [9.17, 15) is 8.42 Å². The largest absolute Gasteiger partial charge is 0.486 e. The lowest BCUT2D eigenvalue weighted by atomic mass is 10.2. The van der Waals surface area contributed by atoms with Crippen molar-refractivity contribution in [2.75, 3.05) is 17.9 Å². The van der Waals surface area contributed by atoms with Gasteiger partial charge in [0.1, 0.15) is 19.0 Å². The molecule has 21 heavy (non-hydrogen) atoms. The van der Waals surface area contributed by atoms with Crippen LogP contribution in [0, 0.1) is 6.92 Å². The van der Waals surface area contributed by atoms with Crippen molar-refractivity contribution in [1.29, 1.82) is 0 Å². The molecule has 2 heterocycles. The van der Waals surface area contributed by atoms with Gasteiger partial charge in [-0.3, -0.25) is 4.72 Å². The van der Waals surface area contributed by atoms with Gasteiger partial charge in [-0.15, -0.1) is 0 Å². The molecular weight excluding hydrogens is 318 g/mol. The summed E-state index contributed by atoms with van der Waals surface area (Å²) in [4.78, 5) is 6.52. The molecule has 0 bridgehead atoms. The molecule has 0 aliphatic carbocycles. The summed E-state index contributed by atoms with van der Waals surface area (Å²) in [6.45, 7) is 2.50. The minimum atomic E-state index is -3.79. The van der Waals surface area contributed by atoms with Gasteiger partial charge < -0.3 is 14.5 Å². The predicted molar refractivity (Wildman–Crippen MR) is 76.6 cm³/mol. The quantitative estimate of drug-likeness (QED) is 0.897. The van der Waals surface area contributed by atoms with Crippen LogP contribution in [-0.4, -0.2) is 31.6 Å². The molecule has 0 spiro atoms. The molecule has 112 valence electrons. The summed E-state index contributed by atoms with van der Waals surface area (Å²) in [6, 6.07) is 3.02. The molecule has 2 aromatic rings. The molecule has 0 unspecified atom stereocenters. The maximum Gasteiger partial charge on any atom is 0.279 e. The Morgan fingerprint density at radius 2 is 1.95 bits per heavy atom. The first-order chi connectivity index (χ1) is 9.95. The van der Waals surface area contributed by atoms with Crippen molar-refractivity contribution in [3.8, 4) is 11.5 Å². The molecule has 0 saturated carbocycles. The first-order valence-corrected chi connectivity index (χ1v) is 7.95. The first-order valence-electron chi connectivity index (χ1n) is 6.09. The fourth-order valence-electron chi connectivity index (χ4n) is 1.88. The van der Waals surface area contributed by atoms with Crippen molar-refractivity contribution >= 4 is 27.3 Å². The molecule has 7 nitrogen and oxygen atoms in total. The standard InChI is InChI=1S/C12H12ClN3O4S/c1-7-14-6-12(15-7)21(17,18)16-9-5-11-10(4-8(9)13)19-2-3-20-11/h4-6,16H,2-3H2,1H3,(H,14,15). The Morgan fingerprint density at radius 3 is 2.57 bits per heavy atom. The number of sulfonamides is 1. The molecule has 1 aliphatic rings. The zero-order valence-corrected chi connectivity index (χ0v) is 12.6. The van der Waals surface area contributed by atoms with Crippen LogP contribution in [0.4, 0.5) is 5.69 Å². The van der Waals surface area contributed by atoms with Crippen LogP contribution in [0.2, 0.25) is 5.02 Å². The van der Waals surface area contributed by atoms with Crippen molar-refractivity contribution in [3.05, 3.63) is 29.2 Å². The lowest BCUT2D eigenvalue weighted by Gasteiger charge is -2.20. The van der Waals surface area contributed by atoms with Gasteiger partial charge in [0.15, 0.2) is 16.5 Å². The summed E-state index contributed by atoms with van der Waals surface area (Å²) < 4.78 is 37.6. The molecule has 0 radical (unpaired) electrons. The fraction of sp³-hybridized carbons (Fsp3) is 0.250. The van der Waals surface area contributed by atoms with Gasteiger partial charge in [0.25, 0.3) is 10.0 Å². The van der Waals surface area contributed by atoms with Crippen molar-refractivity contribution in [3.63, 3.8) is 0 Å². The van der Waals surface area contributed by atoms with Crippen molar-refractivity contribution in [2.45, 2.75) is 11.9 Å². The topological polar surface area (TPSA) is 93.3 Å². The third-order valence-electron chi connectivity index (χ3n) is 2.85. The van der Waals surface area contributed by atoms with E-state index < -0.39 is 10.0 Å². The van der Waals surface area contributed by atoms with Crippen LogP contribution in [-0.2, 0) is 10.0 Å². The Balaban J connectivity index is 1.94. The number of hydrogen-bond acceptors (Lipinski definition) is 5.